The van der Waals surface area contributed by atoms with Crippen LogP contribution in [0.1, 0.15) is 24.0 Å². The Morgan fingerprint density at radius 2 is 2.12 bits per heavy atom. The van der Waals surface area contributed by atoms with E-state index < -0.39 is 10.0 Å². The summed E-state index contributed by atoms with van der Waals surface area (Å²) in [5, 5.41) is 6.98. The fraction of sp³-hybridized carbons (Fsp3) is 0.636. The van der Waals surface area contributed by atoms with Crippen LogP contribution in [-0.2, 0) is 16.6 Å². The van der Waals surface area contributed by atoms with Crippen LogP contribution in [0.4, 0.5) is 0 Å². The SMILES string of the molecule is Cc1cscc1CNS(=O)(=O)C1CCNCC1. The molecule has 0 unspecified atom stereocenters. The molecule has 0 aromatic carbocycles. The van der Waals surface area contributed by atoms with Gasteiger partial charge >= 0.3 is 0 Å². The van der Waals surface area contributed by atoms with E-state index in [9.17, 15) is 8.42 Å². The minimum atomic E-state index is -3.16. The summed E-state index contributed by atoms with van der Waals surface area (Å²) >= 11 is 1.61. The molecule has 0 saturated carbocycles. The van der Waals surface area contributed by atoms with Gasteiger partial charge in [-0.05, 0) is 54.7 Å². The minimum Gasteiger partial charge on any atom is -0.317 e. The molecule has 17 heavy (non-hydrogen) atoms. The fourth-order valence-electron chi connectivity index (χ4n) is 1.97. The third kappa shape index (κ3) is 3.28. The zero-order chi connectivity index (χ0) is 12.3. The van der Waals surface area contributed by atoms with Crippen molar-refractivity contribution >= 4 is 21.4 Å². The molecule has 0 spiro atoms. The van der Waals surface area contributed by atoms with E-state index in [1.807, 2.05) is 17.7 Å². The van der Waals surface area contributed by atoms with Crippen LogP contribution >= 0.6 is 11.3 Å². The van der Waals surface area contributed by atoms with Gasteiger partial charge in [0, 0.05) is 6.54 Å². The molecule has 0 bridgehead atoms. The van der Waals surface area contributed by atoms with E-state index in [-0.39, 0.29) is 5.25 Å². The molecule has 4 nitrogen and oxygen atoms in total. The normalized spacial score (nSPS) is 18.4. The van der Waals surface area contributed by atoms with Crippen LogP contribution in [0.3, 0.4) is 0 Å². The first-order valence-electron chi connectivity index (χ1n) is 5.80. The monoisotopic (exact) mass is 274 g/mol. The standard InChI is InChI=1S/C11H18N2O2S2/c1-9-7-16-8-10(9)6-13-17(14,15)11-2-4-12-5-3-11/h7-8,11-13H,2-6H2,1H3. The van der Waals surface area contributed by atoms with Gasteiger partial charge in [-0.15, -0.1) is 0 Å². The van der Waals surface area contributed by atoms with Gasteiger partial charge in [-0.1, -0.05) is 0 Å². The molecule has 1 aromatic heterocycles. The number of piperidine rings is 1. The summed E-state index contributed by atoms with van der Waals surface area (Å²) in [6.45, 7) is 4.01. The molecule has 2 heterocycles. The fourth-order valence-corrected chi connectivity index (χ4v) is 4.28. The highest BCUT2D eigenvalue weighted by molar-refractivity contribution is 7.90. The van der Waals surface area contributed by atoms with Crippen LogP contribution in [-0.4, -0.2) is 26.8 Å². The maximum Gasteiger partial charge on any atom is 0.214 e. The van der Waals surface area contributed by atoms with E-state index in [2.05, 4.69) is 10.0 Å². The van der Waals surface area contributed by atoms with E-state index in [4.69, 9.17) is 0 Å². The first kappa shape index (κ1) is 13.0. The number of hydrogen-bond donors (Lipinski definition) is 2. The van der Waals surface area contributed by atoms with E-state index >= 15 is 0 Å². The van der Waals surface area contributed by atoms with Gasteiger partial charge in [0.25, 0.3) is 0 Å². The molecule has 0 atom stereocenters. The van der Waals surface area contributed by atoms with Crippen molar-refractivity contribution in [3.8, 4) is 0 Å². The zero-order valence-electron chi connectivity index (χ0n) is 9.90. The molecule has 1 aliphatic heterocycles. The lowest BCUT2D eigenvalue weighted by atomic mass is 10.2. The van der Waals surface area contributed by atoms with Gasteiger partial charge in [-0.2, -0.15) is 11.3 Å². The third-order valence-electron chi connectivity index (χ3n) is 3.15. The Morgan fingerprint density at radius 1 is 1.41 bits per heavy atom. The van der Waals surface area contributed by atoms with Crippen LogP contribution in [0.25, 0.3) is 0 Å². The Hall–Kier alpha value is -0.430. The van der Waals surface area contributed by atoms with E-state index in [1.54, 1.807) is 11.3 Å². The highest BCUT2D eigenvalue weighted by Gasteiger charge is 2.26. The quantitative estimate of drug-likeness (QED) is 0.868. The highest BCUT2D eigenvalue weighted by Crippen LogP contribution is 2.16. The van der Waals surface area contributed by atoms with Crippen LogP contribution in [0.15, 0.2) is 10.8 Å². The lowest BCUT2D eigenvalue weighted by Crippen LogP contribution is -2.41. The molecular formula is C11H18N2O2S2. The summed E-state index contributed by atoms with van der Waals surface area (Å²) in [4.78, 5) is 0. The Kier molecular flexibility index (Phi) is 4.19. The van der Waals surface area contributed by atoms with Crippen molar-refractivity contribution < 1.29 is 8.42 Å². The summed E-state index contributed by atoms with van der Waals surface area (Å²) in [6, 6.07) is 0. The number of thiophene rings is 1. The van der Waals surface area contributed by atoms with Crippen molar-refractivity contribution in [2.24, 2.45) is 0 Å². The molecule has 1 aromatic rings. The summed E-state index contributed by atoms with van der Waals surface area (Å²) in [5.41, 5.74) is 2.23. The van der Waals surface area contributed by atoms with Crippen LogP contribution < -0.4 is 10.0 Å². The van der Waals surface area contributed by atoms with Gasteiger partial charge in [-0.3, -0.25) is 0 Å². The number of sulfonamides is 1. The molecule has 0 aliphatic carbocycles. The van der Waals surface area contributed by atoms with Gasteiger partial charge in [0.05, 0.1) is 5.25 Å². The van der Waals surface area contributed by atoms with Gasteiger partial charge in [-0.25, -0.2) is 13.1 Å². The lowest BCUT2D eigenvalue weighted by Gasteiger charge is -2.22. The van der Waals surface area contributed by atoms with Crippen LogP contribution in [0.5, 0.6) is 0 Å². The first-order valence-corrected chi connectivity index (χ1v) is 8.29. The summed E-state index contributed by atoms with van der Waals surface area (Å²) < 4.78 is 26.8. The maximum atomic E-state index is 12.1. The minimum absolute atomic E-state index is 0.234. The third-order valence-corrected chi connectivity index (χ3v) is 5.96. The summed E-state index contributed by atoms with van der Waals surface area (Å²) in [7, 11) is -3.16. The lowest BCUT2D eigenvalue weighted by molar-refractivity contribution is 0.489. The van der Waals surface area contributed by atoms with Gasteiger partial charge in [0.2, 0.25) is 10.0 Å². The highest BCUT2D eigenvalue weighted by atomic mass is 32.2. The second-order valence-electron chi connectivity index (χ2n) is 4.40. The van der Waals surface area contributed by atoms with Crippen molar-refractivity contribution in [2.45, 2.75) is 31.6 Å². The average Bonchev–Trinajstić information content (AvgIpc) is 2.74. The Labute approximate surface area is 106 Å². The molecule has 2 N–H and O–H groups in total. The maximum absolute atomic E-state index is 12.1. The van der Waals surface area contributed by atoms with Crippen molar-refractivity contribution in [3.05, 3.63) is 21.9 Å². The number of nitrogens with one attached hydrogen (secondary N) is 2. The van der Waals surface area contributed by atoms with Crippen LogP contribution in [0, 0.1) is 6.92 Å². The number of aryl methyl sites for hydroxylation is 1. The number of rotatable bonds is 4. The van der Waals surface area contributed by atoms with Crippen LogP contribution in [0.2, 0.25) is 0 Å². The molecule has 0 amide bonds. The number of hydrogen-bond acceptors (Lipinski definition) is 4. The largest absolute Gasteiger partial charge is 0.317 e. The predicted octanol–water partition coefficient (Wildman–Crippen LogP) is 1.23. The van der Waals surface area contributed by atoms with E-state index in [0.29, 0.717) is 19.4 Å². The van der Waals surface area contributed by atoms with Crippen molar-refractivity contribution in [3.63, 3.8) is 0 Å². The van der Waals surface area contributed by atoms with Crippen molar-refractivity contribution in [1.82, 2.24) is 10.0 Å². The second kappa shape index (κ2) is 5.48. The van der Waals surface area contributed by atoms with Crippen molar-refractivity contribution in [2.75, 3.05) is 13.1 Å². The topological polar surface area (TPSA) is 58.2 Å². The Morgan fingerprint density at radius 3 is 2.71 bits per heavy atom. The van der Waals surface area contributed by atoms with Gasteiger partial charge in [0.1, 0.15) is 0 Å². The summed E-state index contributed by atoms with van der Waals surface area (Å²) in [5.74, 6) is 0. The average molecular weight is 274 g/mol. The summed E-state index contributed by atoms with van der Waals surface area (Å²) in [6.07, 6.45) is 1.41. The van der Waals surface area contributed by atoms with E-state index in [0.717, 1.165) is 24.2 Å². The molecule has 1 fully saturated rings. The second-order valence-corrected chi connectivity index (χ2v) is 7.18. The molecule has 96 valence electrons. The van der Waals surface area contributed by atoms with E-state index in [1.165, 1.54) is 0 Å². The predicted molar refractivity (Wildman–Crippen MR) is 70.7 cm³/mol. The zero-order valence-corrected chi connectivity index (χ0v) is 11.5. The Balaban J connectivity index is 1.95. The molecule has 6 heteroatoms. The van der Waals surface area contributed by atoms with Gasteiger partial charge < -0.3 is 5.32 Å². The molecule has 1 saturated heterocycles. The Bertz CT molecular complexity index is 462. The van der Waals surface area contributed by atoms with Crippen molar-refractivity contribution in [1.29, 1.82) is 0 Å². The first-order chi connectivity index (χ1) is 8.09. The molecule has 2 rings (SSSR count). The van der Waals surface area contributed by atoms with Gasteiger partial charge in [0.15, 0.2) is 0 Å². The molecule has 1 aliphatic rings. The smallest absolute Gasteiger partial charge is 0.214 e. The molecule has 0 radical (unpaired) electrons. The molecular weight excluding hydrogens is 256 g/mol.